The first-order valence-electron chi connectivity index (χ1n) is 5.72. The molecule has 1 unspecified atom stereocenters. The number of rotatable bonds is 3. The van der Waals surface area contributed by atoms with Crippen LogP contribution in [0.5, 0.6) is 0 Å². The van der Waals surface area contributed by atoms with E-state index in [2.05, 4.69) is 33.8 Å². The number of para-hydroxylation sites is 1. The molecule has 0 aliphatic carbocycles. The van der Waals surface area contributed by atoms with Crippen LogP contribution in [0.4, 0.5) is 5.13 Å². The smallest absolute Gasteiger partial charge is 0.183 e. The lowest BCUT2D eigenvalue weighted by Crippen LogP contribution is -2.16. The molecule has 1 aromatic heterocycles. The molecule has 0 spiro atoms. The van der Waals surface area contributed by atoms with E-state index >= 15 is 0 Å². The fourth-order valence-electron chi connectivity index (χ4n) is 2.07. The number of anilines is 1. The molecule has 0 saturated carbocycles. The van der Waals surface area contributed by atoms with E-state index in [1.54, 1.807) is 11.3 Å². The highest BCUT2D eigenvalue weighted by Gasteiger charge is 2.14. The van der Waals surface area contributed by atoms with Gasteiger partial charge in [-0.3, -0.25) is 0 Å². The summed E-state index contributed by atoms with van der Waals surface area (Å²) in [5.74, 6) is 0.756. The number of hydrogen-bond acceptors (Lipinski definition) is 4. The first kappa shape index (κ1) is 12.6. The molecule has 2 heterocycles. The summed E-state index contributed by atoms with van der Waals surface area (Å²) in [6.07, 6.45) is 1.28. The molecule has 17 heavy (non-hydrogen) atoms. The Morgan fingerprint density at radius 1 is 1.41 bits per heavy atom. The Morgan fingerprint density at radius 3 is 3.06 bits per heavy atom. The van der Waals surface area contributed by atoms with Crippen LogP contribution in [0.2, 0.25) is 0 Å². The van der Waals surface area contributed by atoms with Crippen molar-refractivity contribution < 1.29 is 0 Å². The van der Waals surface area contributed by atoms with Crippen LogP contribution < -0.4 is 10.6 Å². The monoisotopic (exact) mass is 269 g/mol. The summed E-state index contributed by atoms with van der Waals surface area (Å²) in [6.45, 7) is 3.33. The summed E-state index contributed by atoms with van der Waals surface area (Å²) in [4.78, 5) is 4.56. The third kappa shape index (κ3) is 2.89. The largest absolute Gasteiger partial charge is 0.361 e. The number of nitrogens with zero attached hydrogens (tertiary/aromatic N) is 1. The second-order valence-electron chi connectivity index (χ2n) is 4.23. The van der Waals surface area contributed by atoms with Crippen molar-refractivity contribution in [1.29, 1.82) is 0 Å². The van der Waals surface area contributed by atoms with E-state index in [9.17, 15) is 0 Å². The fraction of sp³-hybridized carbons (Fsp3) is 0.417. The molecule has 92 valence electrons. The number of aromatic nitrogens is 1. The van der Waals surface area contributed by atoms with E-state index < -0.39 is 0 Å². The Bertz CT molecular complexity index is 446. The molecule has 1 aliphatic rings. The molecule has 0 bridgehead atoms. The molecule has 2 N–H and O–H groups in total. The van der Waals surface area contributed by atoms with Gasteiger partial charge in [-0.1, -0.05) is 23.5 Å². The third-order valence-corrected chi connectivity index (χ3v) is 3.99. The van der Waals surface area contributed by atoms with Gasteiger partial charge in [0.1, 0.15) is 0 Å². The van der Waals surface area contributed by atoms with Crippen molar-refractivity contribution in [3.63, 3.8) is 0 Å². The second-order valence-corrected chi connectivity index (χ2v) is 5.26. The molecule has 1 aliphatic heterocycles. The molecule has 1 atom stereocenters. The third-order valence-electron chi connectivity index (χ3n) is 3.00. The average Bonchev–Trinajstić information content (AvgIpc) is 2.95. The molecule has 1 fully saturated rings. The van der Waals surface area contributed by atoms with Gasteiger partial charge < -0.3 is 10.6 Å². The number of halogens is 1. The Kier molecular flexibility index (Phi) is 4.20. The second kappa shape index (κ2) is 5.67. The molecule has 1 aromatic carbocycles. The van der Waals surface area contributed by atoms with E-state index in [0.29, 0.717) is 0 Å². The van der Waals surface area contributed by atoms with Gasteiger partial charge in [-0.15, -0.1) is 12.4 Å². The van der Waals surface area contributed by atoms with Crippen LogP contribution >= 0.6 is 23.7 Å². The number of thiazole rings is 1. The highest BCUT2D eigenvalue weighted by atomic mass is 35.5. The zero-order valence-electron chi connectivity index (χ0n) is 9.48. The topological polar surface area (TPSA) is 37.0 Å². The van der Waals surface area contributed by atoms with Gasteiger partial charge in [0.15, 0.2) is 5.13 Å². The van der Waals surface area contributed by atoms with Crippen molar-refractivity contribution in [2.45, 2.75) is 6.42 Å². The molecule has 3 nitrogen and oxygen atoms in total. The van der Waals surface area contributed by atoms with Crippen molar-refractivity contribution in [1.82, 2.24) is 10.3 Å². The zero-order chi connectivity index (χ0) is 10.8. The zero-order valence-corrected chi connectivity index (χ0v) is 11.1. The molecule has 0 amide bonds. The van der Waals surface area contributed by atoms with Crippen LogP contribution in [0.25, 0.3) is 10.2 Å². The average molecular weight is 270 g/mol. The van der Waals surface area contributed by atoms with E-state index in [1.165, 1.54) is 11.1 Å². The highest BCUT2D eigenvalue weighted by Crippen LogP contribution is 2.25. The Morgan fingerprint density at radius 2 is 2.29 bits per heavy atom. The maximum Gasteiger partial charge on any atom is 0.183 e. The van der Waals surface area contributed by atoms with E-state index in [0.717, 1.165) is 36.2 Å². The van der Waals surface area contributed by atoms with E-state index in [1.807, 2.05) is 6.07 Å². The van der Waals surface area contributed by atoms with Gasteiger partial charge in [0, 0.05) is 6.54 Å². The van der Waals surface area contributed by atoms with Crippen LogP contribution in [-0.2, 0) is 0 Å². The molecule has 3 rings (SSSR count). The normalized spacial score (nSPS) is 19.2. The summed E-state index contributed by atoms with van der Waals surface area (Å²) < 4.78 is 1.26. The quantitative estimate of drug-likeness (QED) is 0.900. The predicted molar refractivity (Wildman–Crippen MR) is 76.3 cm³/mol. The first-order chi connectivity index (χ1) is 7.92. The van der Waals surface area contributed by atoms with Crippen LogP contribution in [0.3, 0.4) is 0 Å². The summed E-state index contributed by atoms with van der Waals surface area (Å²) in [5.41, 5.74) is 1.10. The lowest BCUT2D eigenvalue weighted by Gasteiger charge is -2.07. The van der Waals surface area contributed by atoms with Gasteiger partial charge in [-0.25, -0.2) is 4.98 Å². The summed E-state index contributed by atoms with van der Waals surface area (Å²) in [7, 11) is 0. The van der Waals surface area contributed by atoms with Gasteiger partial charge in [-0.05, 0) is 37.6 Å². The van der Waals surface area contributed by atoms with Crippen LogP contribution in [0.15, 0.2) is 24.3 Å². The van der Waals surface area contributed by atoms with Crippen molar-refractivity contribution >= 4 is 39.1 Å². The van der Waals surface area contributed by atoms with Gasteiger partial charge in [0.05, 0.1) is 10.2 Å². The van der Waals surface area contributed by atoms with Crippen molar-refractivity contribution in [2.75, 3.05) is 25.0 Å². The fourth-order valence-corrected chi connectivity index (χ4v) is 2.94. The van der Waals surface area contributed by atoms with Gasteiger partial charge in [-0.2, -0.15) is 0 Å². The maximum absolute atomic E-state index is 4.56. The molecule has 1 saturated heterocycles. The lowest BCUT2D eigenvalue weighted by molar-refractivity contribution is 0.615. The highest BCUT2D eigenvalue weighted by molar-refractivity contribution is 7.22. The molecular formula is C12H16ClN3S. The molecule has 0 radical (unpaired) electrons. The van der Waals surface area contributed by atoms with E-state index in [4.69, 9.17) is 0 Å². The molecule has 2 aromatic rings. The summed E-state index contributed by atoms with van der Waals surface area (Å²) in [6, 6.07) is 8.28. The van der Waals surface area contributed by atoms with Crippen molar-refractivity contribution in [3.8, 4) is 0 Å². The SMILES string of the molecule is Cl.c1ccc2sc(NCC3CCNC3)nc2c1. The Hall–Kier alpha value is -0.840. The number of nitrogens with one attached hydrogen (secondary N) is 2. The van der Waals surface area contributed by atoms with Gasteiger partial charge >= 0.3 is 0 Å². The summed E-state index contributed by atoms with van der Waals surface area (Å²) in [5, 5.41) is 7.87. The van der Waals surface area contributed by atoms with Crippen molar-refractivity contribution in [2.24, 2.45) is 5.92 Å². The van der Waals surface area contributed by atoms with Gasteiger partial charge in [0.25, 0.3) is 0 Å². The summed E-state index contributed by atoms with van der Waals surface area (Å²) >= 11 is 1.74. The molecular weight excluding hydrogens is 254 g/mol. The standard InChI is InChI=1S/C12H15N3S.ClH/c1-2-4-11-10(3-1)15-12(16-11)14-8-9-5-6-13-7-9;/h1-4,9,13H,5-8H2,(H,14,15);1H. The first-order valence-corrected chi connectivity index (χ1v) is 6.53. The van der Waals surface area contributed by atoms with Crippen molar-refractivity contribution in [3.05, 3.63) is 24.3 Å². The van der Waals surface area contributed by atoms with Crippen LogP contribution in [0.1, 0.15) is 6.42 Å². The van der Waals surface area contributed by atoms with Crippen LogP contribution in [0, 0.1) is 5.92 Å². The number of fused-ring (bicyclic) bond motifs is 1. The lowest BCUT2D eigenvalue weighted by atomic mass is 10.1. The minimum atomic E-state index is 0. The molecule has 5 heteroatoms. The van der Waals surface area contributed by atoms with E-state index in [-0.39, 0.29) is 12.4 Å². The Balaban J connectivity index is 0.00000108. The predicted octanol–water partition coefficient (Wildman–Crippen LogP) is 2.74. The number of hydrogen-bond donors (Lipinski definition) is 2. The minimum Gasteiger partial charge on any atom is -0.361 e. The van der Waals surface area contributed by atoms with Crippen LogP contribution in [-0.4, -0.2) is 24.6 Å². The minimum absolute atomic E-state index is 0. The van der Waals surface area contributed by atoms with Gasteiger partial charge in [0.2, 0.25) is 0 Å². The maximum atomic E-state index is 4.56. The Labute approximate surface area is 111 Å². The number of benzene rings is 1.